The molecule has 0 aliphatic carbocycles. The molecule has 0 radical (unpaired) electrons. The fourth-order valence-corrected chi connectivity index (χ4v) is 2.94. The lowest BCUT2D eigenvalue weighted by atomic mass is 9.98. The number of hydroxylamine groups is 1. The van der Waals surface area contributed by atoms with Crippen molar-refractivity contribution >= 4 is 5.91 Å². The number of carbonyl (C=O) groups is 1. The van der Waals surface area contributed by atoms with Gasteiger partial charge in [-0.2, -0.15) is 0 Å². The van der Waals surface area contributed by atoms with Crippen LogP contribution in [0.15, 0.2) is 54.6 Å². The monoisotopic (exact) mass is 380 g/mol. The summed E-state index contributed by atoms with van der Waals surface area (Å²) in [6.07, 6.45) is 1.87. The Morgan fingerprint density at radius 1 is 1.04 bits per heavy atom. The first-order chi connectivity index (χ1) is 13.5. The summed E-state index contributed by atoms with van der Waals surface area (Å²) in [7, 11) is 0. The maximum Gasteiger partial charge on any atom is 0.263 e. The molecule has 0 aliphatic heterocycles. The van der Waals surface area contributed by atoms with Crippen molar-refractivity contribution in [1.29, 1.82) is 0 Å². The first kappa shape index (κ1) is 21.6. The highest BCUT2D eigenvalue weighted by Crippen LogP contribution is 2.21. The molecular formula is C23H28N2O3. The van der Waals surface area contributed by atoms with Crippen LogP contribution in [-0.4, -0.2) is 28.4 Å². The fraction of sp³-hybridized carbons (Fsp3) is 0.348. The summed E-state index contributed by atoms with van der Waals surface area (Å²) in [4.78, 5) is 11.9. The molecule has 0 aliphatic rings. The van der Waals surface area contributed by atoms with Crippen LogP contribution >= 0.6 is 0 Å². The first-order valence-corrected chi connectivity index (χ1v) is 9.60. The van der Waals surface area contributed by atoms with Gasteiger partial charge in [-0.15, -0.1) is 0 Å². The molecule has 0 saturated carbocycles. The molecule has 5 nitrogen and oxygen atoms in total. The Morgan fingerprint density at radius 2 is 1.64 bits per heavy atom. The fourth-order valence-electron chi connectivity index (χ4n) is 2.94. The molecule has 2 aromatic rings. The van der Waals surface area contributed by atoms with Gasteiger partial charge < -0.3 is 5.11 Å². The minimum absolute atomic E-state index is 0.118. The van der Waals surface area contributed by atoms with E-state index in [2.05, 4.69) is 24.1 Å². The smallest absolute Gasteiger partial charge is 0.263 e. The van der Waals surface area contributed by atoms with E-state index in [0.29, 0.717) is 0 Å². The number of benzene rings is 2. The first-order valence-electron chi connectivity index (χ1n) is 9.60. The summed E-state index contributed by atoms with van der Waals surface area (Å²) < 4.78 is 0. The number of unbranched alkanes of at least 4 members (excludes halogenated alkanes) is 1. The molecule has 148 valence electrons. The van der Waals surface area contributed by atoms with Gasteiger partial charge in [-0.05, 0) is 43.2 Å². The van der Waals surface area contributed by atoms with Crippen LogP contribution in [-0.2, 0) is 4.79 Å². The summed E-state index contributed by atoms with van der Waals surface area (Å²) in [5, 5.41) is 22.0. The lowest BCUT2D eigenvalue weighted by Crippen LogP contribution is -2.50. The molecule has 28 heavy (non-hydrogen) atoms. The third kappa shape index (κ3) is 6.50. The Bertz CT molecular complexity index is 792. The highest BCUT2D eigenvalue weighted by molar-refractivity contribution is 5.81. The van der Waals surface area contributed by atoms with Gasteiger partial charge in [0.1, 0.15) is 6.04 Å². The second-order valence-corrected chi connectivity index (χ2v) is 6.79. The summed E-state index contributed by atoms with van der Waals surface area (Å²) in [5.74, 6) is 5.63. The van der Waals surface area contributed by atoms with Gasteiger partial charge in [0.2, 0.25) is 0 Å². The van der Waals surface area contributed by atoms with Crippen molar-refractivity contribution in [3.05, 3.63) is 71.3 Å². The van der Waals surface area contributed by atoms with E-state index in [9.17, 15) is 9.90 Å². The molecule has 1 unspecified atom stereocenters. The summed E-state index contributed by atoms with van der Waals surface area (Å²) in [6.45, 7) is 3.62. The molecule has 0 fully saturated rings. The average Bonchev–Trinajstić information content (AvgIpc) is 2.73. The molecule has 2 aromatic carbocycles. The Kier molecular flexibility index (Phi) is 8.70. The molecule has 0 heterocycles. The Morgan fingerprint density at radius 3 is 2.18 bits per heavy atom. The van der Waals surface area contributed by atoms with Crippen molar-refractivity contribution in [3.63, 3.8) is 0 Å². The van der Waals surface area contributed by atoms with Crippen LogP contribution in [0.25, 0.3) is 0 Å². The van der Waals surface area contributed by atoms with Gasteiger partial charge in [-0.25, -0.2) is 5.48 Å². The predicted molar refractivity (Wildman–Crippen MR) is 110 cm³/mol. The van der Waals surface area contributed by atoms with Gasteiger partial charge in [0.25, 0.3) is 5.91 Å². The van der Waals surface area contributed by atoms with Crippen molar-refractivity contribution in [2.75, 3.05) is 0 Å². The highest BCUT2D eigenvalue weighted by Gasteiger charge is 2.26. The Hall–Kier alpha value is -2.65. The molecule has 0 spiro atoms. The third-order valence-electron chi connectivity index (χ3n) is 4.54. The van der Waals surface area contributed by atoms with E-state index in [1.807, 2.05) is 54.6 Å². The van der Waals surface area contributed by atoms with Crippen LogP contribution in [0.2, 0.25) is 0 Å². The second-order valence-electron chi connectivity index (χ2n) is 6.79. The van der Waals surface area contributed by atoms with E-state index in [1.165, 1.54) is 6.92 Å². The summed E-state index contributed by atoms with van der Waals surface area (Å²) in [5.41, 5.74) is 4.50. The molecule has 2 rings (SSSR count). The number of hydrogen-bond acceptors (Lipinski definition) is 4. The van der Waals surface area contributed by atoms with Gasteiger partial charge in [-0.3, -0.25) is 15.3 Å². The number of carbonyl (C=O) groups excluding carboxylic acids is 1. The van der Waals surface area contributed by atoms with E-state index in [0.717, 1.165) is 36.0 Å². The zero-order valence-electron chi connectivity index (χ0n) is 16.4. The minimum Gasteiger partial charge on any atom is -0.391 e. The molecule has 1 amide bonds. The van der Waals surface area contributed by atoms with Gasteiger partial charge in [-0.1, -0.05) is 61.9 Å². The molecule has 4 N–H and O–H groups in total. The molecular weight excluding hydrogens is 352 g/mol. The van der Waals surface area contributed by atoms with E-state index in [-0.39, 0.29) is 6.04 Å². The maximum atomic E-state index is 11.9. The van der Waals surface area contributed by atoms with E-state index >= 15 is 0 Å². The van der Waals surface area contributed by atoms with E-state index in [1.54, 1.807) is 5.48 Å². The zero-order chi connectivity index (χ0) is 20.4. The van der Waals surface area contributed by atoms with Crippen molar-refractivity contribution in [2.45, 2.75) is 51.3 Å². The van der Waals surface area contributed by atoms with Crippen LogP contribution in [0.4, 0.5) is 0 Å². The standard InChI is InChI=1S/C23H28N2O3/c1-3-4-10-21(24-22(17(2)26)23(27)25-28)20-15-13-19(14-16-20)12-11-18-8-6-5-7-9-18/h5-9,13-17,21-22,24,26,28H,3-4,10H2,1-2H3,(H,25,27)/t17-,21?,22+/m1/s1. The van der Waals surface area contributed by atoms with Crippen molar-refractivity contribution < 1.29 is 15.1 Å². The predicted octanol–water partition coefficient (Wildman–Crippen LogP) is 3.16. The van der Waals surface area contributed by atoms with E-state index in [4.69, 9.17) is 5.21 Å². The Balaban J connectivity index is 2.17. The minimum atomic E-state index is -0.938. The van der Waals surface area contributed by atoms with Crippen LogP contribution in [0, 0.1) is 11.8 Å². The lowest BCUT2D eigenvalue weighted by molar-refractivity contribution is -0.134. The largest absolute Gasteiger partial charge is 0.391 e. The highest BCUT2D eigenvalue weighted by atomic mass is 16.5. The number of amides is 1. The Labute approximate surface area is 166 Å². The zero-order valence-corrected chi connectivity index (χ0v) is 16.4. The number of aliphatic hydroxyl groups excluding tert-OH is 1. The van der Waals surface area contributed by atoms with Crippen LogP contribution in [0.5, 0.6) is 0 Å². The maximum absolute atomic E-state index is 11.9. The lowest BCUT2D eigenvalue weighted by Gasteiger charge is -2.26. The van der Waals surface area contributed by atoms with E-state index < -0.39 is 18.1 Å². The molecule has 3 atom stereocenters. The van der Waals surface area contributed by atoms with Gasteiger partial charge in [0, 0.05) is 17.2 Å². The topological polar surface area (TPSA) is 81.6 Å². The third-order valence-corrected chi connectivity index (χ3v) is 4.54. The number of nitrogens with one attached hydrogen (secondary N) is 2. The molecule has 0 saturated heterocycles. The quantitative estimate of drug-likeness (QED) is 0.322. The van der Waals surface area contributed by atoms with Gasteiger partial charge in [0.05, 0.1) is 6.10 Å². The van der Waals surface area contributed by atoms with Crippen LogP contribution in [0.3, 0.4) is 0 Å². The number of rotatable bonds is 8. The van der Waals surface area contributed by atoms with Crippen molar-refractivity contribution in [3.8, 4) is 11.8 Å². The van der Waals surface area contributed by atoms with Gasteiger partial charge in [0.15, 0.2) is 0 Å². The SMILES string of the molecule is CCCCC(N[C@H](C(=O)NO)[C@@H](C)O)c1ccc(C#Cc2ccccc2)cc1. The summed E-state index contributed by atoms with van der Waals surface area (Å²) >= 11 is 0. The van der Waals surface area contributed by atoms with Crippen molar-refractivity contribution in [2.24, 2.45) is 0 Å². The molecule has 5 heteroatoms. The molecule has 0 aromatic heterocycles. The van der Waals surface area contributed by atoms with Crippen LogP contribution in [0.1, 0.15) is 55.8 Å². The van der Waals surface area contributed by atoms with Gasteiger partial charge >= 0.3 is 0 Å². The summed E-state index contributed by atoms with van der Waals surface area (Å²) in [6, 6.07) is 16.7. The number of hydrogen-bond donors (Lipinski definition) is 4. The van der Waals surface area contributed by atoms with Crippen molar-refractivity contribution in [1.82, 2.24) is 10.8 Å². The number of aliphatic hydroxyl groups is 1. The normalized spacial score (nSPS) is 13.7. The average molecular weight is 380 g/mol. The second kappa shape index (κ2) is 11.3. The molecule has 0 bridgehead atoms. The van der Waals surface area contributed by atoms with Crippen LogP contribution < -0.4 is 10.8 Å².